The topological polar surface area (TPSA) is 70.8 Å². The number of hydrogen-bond donors (Lipinski definition) is 2. The standard InChI is InChI=1S/C25H33FN4O2/c1-17-14-30(18(2)13-29(17)15-19-3-5-21(26)6-4-19)25(31)16-32-22-7-8-24-23(11-22)20(9-10-27)12-28-24/h3-8,11,17-18,20,28H,9-10,12-16,27H2,1-2H3. The third-order valence-electron chi connectivity index (χ3n) is 6.61. The summed E-state index contributed by atoms with van der Waals surface area (Å²) in [7, 11) is 0. The average molecular weight is 441 g/mol. The Morgan fingerprint density at radius 2 is 1.94 bits per heavy atom. The molecule has 0 bridgehead atoms. The second-order valence-corrected chi connectivity index (χ2v) is 8.99. The number of halogens is 1. The number of benzene rings is 2. The van der Waals surface area contributed by atoms with Gasteiger partial charge >= 0.3 is 0 Å². The maximum Gasteiger partial charge on any atom is 0.260 e. The van der Waals surface area contributed by atoms with Crippen LogP contribution in [0, 0.1) is 5.82 Å². The van der Waals surface area contributed by atoms with E-state index in [0.29, 0.717) is 19.0 Å². The highest BCUT2D eigenvalue weighted by molar-refractivity contribution is 5.78. The summed E-state index contributed by atoms with van der Waals surface area (Å²) >= 11 is 0. The van der Waals surface area contributed by atoms with Crippen LogP contribution >= 0.6 is 0 Å². The molecule has 2 aliphatic heterocycles. The molecule has 0 aromatic heterocycles. The van der Waals surface area contributed by atoms with Gasteiger partial charge in [0, 0.05) is 49.9 Å². The van der Waals surface area contributed by atoms with E-state index in [-0.39, 0.29) is 30.4 Å². The smallest absolute Gasteiger partial charge is 0.260 e. The number of rotatable bonds is 7. The average Bonchev–Trinajstić information content (AvgIpc) is 3.18. The van der Waals surface area contributed by atoms with Crippen LogP contribution in [0.4, 0.5) is 10.1 Å². The van der Waals surface area contributed by atoms with Crippen LogP contribution in [0.5, 0.6) is 5.75 Å². The van der Waals surface area contributed by atoms with Gasteiger partial charge < -0.3 is 20.7 Å². The fraction of sp³-hybridized carbons (Fsp3) is 0.480. The fourth-order valence-electron chi connectivity index (χ4n) is 4.75. The summed E-state index contributed by atoms with van der Waals surface area (Å²) in [6.07, 6.45) is 0.931. The number of carbonyl (C=O) groups is 1. The number of piperazine rings is 1. The van der Waals surface area contributed by atoms with Crippen LogP contribution < -0.4 is 15.8 Å². The predicted octanol–water partition coefficient (Wildman–Crippen LogP) is 3.18. The molecular formula is C25H33FN4O2. The molecule has 1 fully saturated rings. The first-order valence-electron chi connectivity index (χ1n) is 11.4. The van der Waals surface area contributed by atoms with Gasteiger partial charge in [-0.3, -0.25) is 9.69 Å². The lowest BCUT2D eigenvalue weighted by Gasteiger charge is -2.44. The van der Waals surface area contributed by atoms with Crippen molar-refractivity contribution in [3.63, 3.8) is 0 Å². The van der Waals surface area contributed by atoms with Crippen molar-refractivity contribution in [1.82, 2.24) is 9.80 Å². The van der Waals surface area contributed by atoms with Crippen LogP contribution in [0.25, 0.3) is 0 Å². The molecule has 1 amide bonds. The number of ether oxygens (including phenoxy) is 1. The predicted molar refractivity (Wildman–Crippen MR) is 124 cm³/mol. The second-order valence-electron chi connectivity index (χ2n) is 8.99. The molecule has 3 N–H and O–H groups in total. The first-order valence-corrected chi connectivity index (χ1v) is 11.4. The van der Waals surface area contributed by atoms with Crippen LogP contribution in [-0.4, -0.2) is 60.6 Å². The number of nitrogens with two attached hydrogens (primary N) is 1. The minimum absolute atomic E-state index is 0.00270. The molecule has 0 radical (unpaired) electrons. The third-order valence-corrected chi connectivity index (χ3v) is 6.61. The molecule has 172 valence electrons. The Hall–Kier alpha value is -2.64. The van der Waals surface area contributed by atoms with Crippen molar-refractivity contribution in [3.05, 3.63) is 59.4 Å². The van der Waals surface area contributed by atoms with E-state index in [2.05, 4.69) is 24.1 Å². The van der Waals surface area contributed by atoms with Gasteiger partial charge in [-0.1, -0.05) is 12.1 Å². The van der Waals surface area contributed by atoms with E-state index in [1.54, 1.807) is 0 Å². The maximum absolute atomic E-state index is 13.2. The Morgan fingerprint density at radius 3 is 2.69 bits per heavy atom. The van der Waals surface area contributed by atoms with E-state index in [4.69, 9.17) is 10.5 Å². The molecule has 6 nitrogen and oxygen atoms in total. The van der Waals surface area contributed by atoms with E-state index in [0.717, 1.165) is 43.1 Å². The SMILES string of the molecule is CC1CN(C(=O)COc2ccc3c(c2)C(CCN)CN3)C(C)CN1Cc1ccc(F)cc1. The van der Waals surface area contributed by atoms with Crippen LogP contribution in [0.15, 0.2) is 42.5 Å². The van der Waals surface area contributed by atoms with Crippen molar-refractivity contribution in [3.8, 4) is 5.75 Å². The van der Waals surface area contributed by atoms with Gasteiger partial charge in [0.25, 0.3) is 5.91 Å². The Labute approximate surface area is 189 Å². The van der Waals surface area contributed by atoms with Crippen LogP contribution in [0.2, 0.25) is 0 Å². The number of carbonyl (C=O) groups excluding carboxylic acids is 1. The highest BCUT2D eigenvalue weighted by Gasteiger charge is 2.32. The summed E-state index contributed by atoms with van der Waals surface area (Å²) in [4.78, 5) is 17.2. The second kappa shape index (κ2) is 9.88. The molecule has 0 aliphatic carbocycles. The van der Waals surface area contributed by atoms with Crippen LogP contribution in [0.1, 0.15) is 37.3 Å². The molecule has 3 atom stereocenters. The molecule has 2 heterocycles. The third kappa shape index (κ3) is 5.05. The van der Waals surface area contributed by atoms with Crippen molar-refractivity contribution in [2.45, 2.75) is 44.8 Å². The Balaban J connectivity index is 1.32. The molecule has 32 heavy (non-hydrogen) atoms. The lowest BCUT2D eigenvalue weighted by molar-refractivity contribution is -0.139. The van der Waals surface area contributed by atoms with E-state index < -0.39 is 0 Å². The molecule has 2 aromatic carbocycles. The lowest BCUT2D eigenvalue weighted by atomic mass is 9.98. The van der Waals surface area contributed by atoms with E-state index in [9.17, 15) is 9.18 Å². The van der Waals surface area contributed by atoms with Crippen molar-refractivity contribution >= 4 is 11.6 Å². The van der Waals surface area contributed by atoms with Crippen molar-refractivity contribution in [2.24, 2.45) is 5.73 Å². The lowest BCUT2D eigenvalue weighted by Crippen LogP contribution is -2.58. The normalized spacial score (nSPS) is 23.0. The van der Waals surface area contributed by atoms with Crippen LogP contribution in [-0.2, 0) is 11.3 Å². The quantitative estimate of drug-likeness (QED) is 0.692. The highest BCUT2D eigenvalue weighted by atomic mass is 19.1. The Bertz CT molecular complexity index is 934. The van der Waals surface area contributed by atoms with Crippen LogP contribution in [0.3, 0.4) is 0 Å². The summed E-state index contributed by atoms with van der Waals surface area (Å²) in [5.41, 5.74) is 9.16. The first-order chi connectivity index (χ1) is 15.4. The Kier molecular flexibility index (Phi) is 6.96. The molecule has 2 aliphatic rings. The molecule has 7 heteroatoms. The van der Waals surface area contributed by atoms with Gasteiger partial charge in [-0.25, -0.2) is 4.39 Å². The zero-order chi connectivity index (χ0) is 22.7. The number of amides is 1. The van der Waals surface area contributed by atoms with E-state index in [1.807, 2.05) is 35.2 Å². The van der Waals surface area contributed by atoms with Crippen molar-refractivity contribution in [2.75, 3.05) is 38.1 Å². The van der Waals surface area contributed by atoms with Crippen molar-refractivity contribution in [1.29, 1.82) is 0 Å². The summed E-state index contributed by atoms with van der Waals surface area (Å²) < 4.78 is 19.1. The van der Waals surface area contributed by atoms with Gasteiger partial charge in [-0.2, -0.15) is 0 Å². The maximum atomic E-state index is 13.2. The van der Waals surface area contributed by atoms with Gasteiger partial charge in [0.05, 0.1) is 0 Å². The minimum Gasteiger partial charge on any atom is -0.484 e. The summed E-state index contributed by atoms with van der Waals surface area (Å²) in [6, 6.07) is 12.9. The number of nitrogens with one attached hydrogen (secondary N) is 1. The summed E-state index contributed by atoms with van der Waals surface area (Å²) in [5.74, 6) is 0.894. The molecule has 4 rings (SSSR count). The summed E-state index contributed by atoms with van der Waals surface area (Å²) in [5, 5.41) is 3.40. The molecule has 1 saturated heterocycles. The zero-order valence-corrected chi connectivity index (χ0v) is 18.9. The highest BCUT2D eigenvalue weighted by Crippen LogP contribution is 2.35. The van der Waals surface area contributed by atoms with Gasteiger partial charge in [-0.05, 0) is 68.3 Å². The summed E-state index contributed by atoms with van der Waals surface area (Å²) in [6.45, 7) is 7.94. The van der Waals surface area contributed by atoms with E-state index in [1.165, 1.54) is 17.7 Å². The van der Waals surface area contributed by atoms with E-state index >= 15 is 0 Å². The zero-order valence-electron chi connectivity index (χ0n) is 18.9. The van der Waals surface area contributed by atoms with Gasteiger partial charge in [0.15, 0.2) is 6.61 Å². The van der Waals surface area contributed by atoms with Gasteiger partial charge in [0.2, 0.25) is 0 Å². The minimum atomic E-state index is -0.222. The molecular weight excluding hydrogens is 407 g/mol. The number of hydrogen-bond acceptors (Lipinski definition) is 5. The van der Waals surface area contributed by atoms with Gasteiger partial charge in [-0.15, -0.1) is 0 Å². The monoisotopic (exact) mass is 440 g/mol. The largest absolute Gasteiger partial charge is 0.484 e. The molecule has 3 unspecified atom stereocenters. The van der Waals surface area contributed by atoms with Gasteiger partial charge in [0.1, 0.15) is 11.6 Å². The van der Waals surface area contributed by atoms with Crippen molar-refractivity contribution < 1.29 is 13.9 Å². The fourth-order valence-corrected chi connectivity index (χ4v) is 4.75. The first kappa shape index (κ1) is 22.6. The molecule has 0 spiro atoms. The number of fused-ring (bicyclic) bond motifs is 1. The Morgan fingerprint density at radius 1 is 1.16 bits per heavy atom. The molecule has 0 saturated carbocycles. The number of nitrogens with zero attached hydrogens (tertiary/aromatic N) is 2. The number of anilines is 1. The molecule has 2 aromatic rings.